The van der Waals surface area contributed by atoms with Crippen LogP contribution in [-0.4, -0.2) is 12.6 Å². The highest BCUT2D eigenvalue weighted by Gasteiger charge is 2.06. The highest BCUT2D eigenvalue weighted by Crippen LogP contribution is 2.17. The third kappa shape index (κ3) is 4.34. The highest BCUT2D eigenvalue weighted by atomic mass is 35.5. The molecular formula is C12H17ClO2. The summed E-state index contributed by atoms with van der Waals surface area (Å²) in [7, 11) is 0. The molecule has 0 aliphatic rings. The maximum Gasteiger partial charge on any atom is 0.338 e. The fraction of sp³-hybridized carbons (Fsp3) is 0.417. The fourth-order valence-corrected chi connectivity index (χ4v) is 1.11. The number of halogens is 1. The zero-order valence-corrected chi connectivity index (χ0v) is 10.4. The van der Waals surface area contributed by atoms with Gasteiger partial charge in [-0.2, -0.15) is 0 Å². The van der Waals surface area contributed by atoms with Gasteiger partial charge in [0.2, 0.25) is 0 Å². The number of ether oxygens (including phenoxy) is 1. The third-order valence-corrected chi connectivity index (χ3v) is 2.09. The van der Waals surface area contributed by atoms with Crippen LogP contribution in [0.2, 0.25) is 5.02 Å². The minimum Gasteiger partial charge on any atom is -0.462 e. The van der Waals surface area contributed by atoms with Gasteiger partial charge in [0.25, 0.3) is 0 Å². The van der Waals surface area contributed by atoms with Crippen molar-refractivity contribution < 1.29 is 9.53 Å². The molecule has 0 atom stereocenters. The lowest BCUT2D eigenvalue weighted by Crippen LogP contribution is -2.04. The predicted octanol–water partition coefficient (Wildman–Crippen LogP) is 3.85. The van der Waals surface area contributed by atoms with Crippen LogP contribution in [0.25, 0.3) is 0 Å². The van der Waals surface area contributed by atoms with Crippen molar-refractivity contribution in [1.29, 1.82) is 0 Å². The summed E-state index contributed by atoms with van der Waals surface area (Å²) in [6.07, 6.45) is 0. The number of rotatable bonds is 2. The Morgan fingerprint density at radius 2 is 2.00 bits per heavy atom. The molecule has 0 saturated heterocycles. The van der Waals surface area contributed by atoms with Gasteiger partial charge in [-0.1, -0.05) is 31.5 Å². The van der Waals surface area contributed by atoms with Crippen LogP contribution >= 0.6 is 11.6 Å². The molecular weight excluding hydrogens is 212 g/mol. The fourth-order valence-electron chi connectivity index (χ4n) is 0.934. The monoisotopic (exact) mass is 228 g/mol. The molecule has 0 aromatic heterocycles. The summed E-state index contributed by atoms with van der Waals surface area (Å²) in [5.74, 6) is -0.329. The van der Waals surface area contributed by atoms with Crippen LogP contribution in [0.1, 0.15) is 36.7 Å². The molecule has 0 unspecified atom stereocenters. The summed E-state index contributed by atoms with van der Waals surface area (Å²) in [4.78, 5) is 11.2. The summed E-state index contributed by atoms with van der Waals surface area (Å²) in [6.45, 7) is 8.04. The van der Waals surface area contributed by atoms with E-state index in [1.807, 2.05) is 20.8 Å². The maximum atomic E-state index is 11.2. The topological polar surface area (TPSA) is 26.3 Å². The molecule has 2 nitrogen and oxygen atoms in total. The standard InChI is InChI=1S/C10H11ClO2.C2H6/c1-3-13-10(12)8-5-4-7(2)9(11)6-8;1-2/h4-6H,3H2,1-2H3;1-2H3. The molecule has 0 radical (unpaired) electrons. The van der Waals surface area contributed by atoms with E-state index in [2.05, 4.69) is 0 Å². The van der Waals surface area contributed by atoms with Gasteiger partial charge < -0.3 is 4.74 Å². The van der Waals surface area contributed by atoms with Crippen molar-refractivity contribution in [3.63, 3.8) is 0 Å². The second-order valence-electron chi connectivity index (χ2n) is 2.68. The van der Waals surface area contributed by atoms with E-state index in [0.717, 1.165) is 5.56 Å². The molecule has 0 spiro atoms. The molecule has 1 aromatic carbocycles. The highest BCUT2D eigenvalue weighted by molar-refractivity contribution is 6.31. The van der Waals surface area contributed by atoms with Crippen LogP contribution in [0.4, 0.5) is 0 Å². The van der Waals surface area contributed by atoms with E-state index in [0.29, 0.717) is 17.2 Å². The molecule has 84 valence electrons. The zero-order valence-electron chi connectivity index (χ0n) is 9.63. The molecule has 3 heteroatoms. The second-order valence-corrected chi connectivity index (χ2v) is 3.09. The average Bonchev–Trinajstić information content (AvgIpc) is 2.25. The lowest BCUT2D eigenvalue weighted by molar-refractivity contribution is 0.0526. The van der Waals surface area contributed by atoms with E-state index < -0.39 is 0 Å². The first kappa shape index (κ1) is 14.0. The molecule has 0 aliphatic carbocycles. The van der Waals surface area contributed by atoms with Crippen LogP contribution < -0.4 is 0 Å². The Morgan fingerprint density at radius 1 is 1.40 bits per heavy atom. The van der Waals surface area contributed by atoms with E-state index in [1.165, 1.54) is 0 Å². The van der Waals surface area contributed by atoms with E-state index >= 15 is 0 Å². The number of hydrogen-bond donors (Lipinski definition) is 0. The Balaban J connectivity index is 0.000000921. The number of esters is 1. The summed E-state index contributed by atoms with van der Waals surface area (Å²) < 4.78 is 4.83. The molecule has 0 N–H and O–H groups in total. The Hall–Kier alpha value is -1.02. The molecule has 0 heterocycles. The molecule has 1 aromatic rings. The molecule has 0 aliphatic heterocycles. The summed E-state index contributed by atoms with van der Waals surface area (Å²) in [6, 6.07) is 5.13. The van der Waals surface area contributed by atoms with Crippen LogP contribution in [-0.2, 0) is 4.74 Å². The number of carbonyl (C=O) groups excluding carboxylic acids is 1. The smallest absolute Gasteiger partial charge is 0.338 e. The second kappa shape index (κ2) is 7.30. The minimum absolute atomic E-state index is 0.329. The van der Waals surface area contributed by atoms with Crippen molar-refractivity contribution in [2.24, 2.45) is 0 Å². The van der Waals surface area contributed by atoms with E-state index in [9.17, 15) is 4.79 Å². The number of hydrogen-bond acceptors (Lipinski definition) is 2. The average molecular weight is 229 g/mol. The number of aryl methyl sites for hydroxylation is 1. The first-order chi connectivity index (χ1) is 7.15. The van der Waals surface area contributed by atoms with Gasteiger partial charge in [0.1, 0.15) is 0 Å². The molecule has 0 bridgehead atoms. The minimum atomic E-state index is -0.329. The SMILES string of the molecule is CC.CCOC(=O)c1ccc(C)c(Cl)c1. The Morgan fingerprint density at radius 3 is 2.47 bits per heavy atom. The summed E-state index contributed by atoms with van der Waals surface area (Å²) in [5, 5.41) is 0.588. The van der Waals surface area contributed by atoms with Crippen LogP contribution in [0.15, 0.2) is 18.2 Å². The lowest BCUT2D eigenvalue weighted by atomic mass is 10.1. The van der Waals surface area contributed by atoms with Gasteiger partial charge in [-0.15, -0.1) is 0 Å². The largest absolute Gasteiger partial charge is 0.462 e. The Bertz CT molecular complexity index is 321. The van der Waals surface area contributed by atoms with Crippen molar-refractivity contribution in [2.75, 3.05) is 6.61 Å². The zero-order chi connectivity index (χ0) is 11.8. The summed E-state index contributed by atoms with van der Waals surface area (Å²) >= 11 is 5.85. The first-order valence-electron chi connectivity index (χ1n) is 5.08. The first-order valence-corrected chi connectivity index (χ1v) is 5.46. The van der Waals surface area contributed by atoms with Gasteiger partial charge in [0.05, 0.1) is 12.2 Å². The Labute approximate surface area is 96.2 Å². The van der Waals surface area contributed by atoms with Gasteiger partial charge in [0, 0.05) is 5.02 Å². The van der Waals surface area contributed by atoms with Crippen molar-refractivity contribution in [3.8, 4) is 0 Å². The molecule has 1 rings (SSSR count). The normalized spacial score (nSPS) is 8.87. The van der Waals surface area contributed by atoms with Gasteiger partial charge in [0.15, 0.2) is 0 Å². The number of carbonyl (C=O) groups is 1. The van der Waals surface area contributed by atoms with Crippen molar-refractivity contribution in [2.45, 2.75) is 27.7 Å². The van der Waals surface area contributed by atoms with E-state index in [4.69, 9.17) is 16.3 Å². The Kier molecular flexibility index (Phi) is 6.80. The third-order valence-electron chi connectivity index (χ3n) is 1.68. The molecule has 0 fully saturated rings. The van der Waals surface area contributed by atoms with E-state index in [-0.39, 0.29) is 5.97 Å². The molecule has 0 amide bonds. The van der Waals surface area contributed by atoms with Crippen molar-refractivity contribution in [1.82, 2.24) is 0 Å². The molecule has 15 heavy (non-hydrogen) atoms. The van der Waals surface area contributed by atoms with Gasteiger partial charge in [-0.3, -0.25) is 0 Å². The van der Waals surface area contributed by atoms with Crippen LogP contribution in [0, 0.1) is 6.92 Å². The number of benzene rings is 1. The predicted molar refractivity (Wildman–Crippen MR) is 63.5 cm³/mol. The van der Waals surface area contributed by atoms with Crippen LogP contribution in [0.5, 0.6) is 0 Å². The van der Waals surface area contributed by atoms with Crippen molar-refractivity contribution in [3.05, 3.63) is 34.3 Å². The quantitative estimate of drug-likeness (QED) is 0.719. The lowest BCUT2D eigenvalue weighted by Gasteiger charge is -2.03. The van der Waals surface area contributed by atoms with Gasteiger partial charge in [-0.05, 0) is 31.5 Å². The van der Waals surface area contributed by atoms with Crippen molar-refractivity contribution >= 4 is 17.6 Å². The maximum absolute atomic E-state index is 11.2. The van der Waals surface area contributed by atoms with E-state index in [1.54, 1.807) is 25.1 Å². The van der Waals surface area contributed by atoms with Crippen LogP contribution in [0.3, 0.4) is 0 Å². The molecule has 0 saturated carbocycles. The van der Waals surface area contributed by atoms with Gasteiger partial charge >= 0.3 is 5.97 Å². The summed E-state index contributed by atoms with van der Waals surface area (Å²) in [5.41, 5.74) is 1.45. The van der Waals surface area contributed by atoms with Gasteiger partial charge in [-0.25, -0.2) is 4.79 Å².